The Kier molecular flexibility index (Phi) is 4.39. The maximum atomic E-state index is 11.8. The third-order valence-electron chi connectivity index (χ3n) is 2.57. The highest BCUT2D eigenvalue weighted by Crippen LogP contribution is 2.20. The first kappa shape index (κ1) is 13.1. The summed E-state index contributed by atoms with van der Waals surface area (Å²) in [5.74, 6) is 0.492. The van der Waals surface area contributed by atoms with Crippen molar-refractivity contribution in [3.8, 4) is 0 Å². The van der Waals surface area contributed by atoms with E-state index in [-0.39, 0.29) is 6.09 Å². The van der Waals surface area contributed by atoms with E-state index >= 15 is 0 Å². The topological polar surface area (TPSA) is 29.5 Å². The molecule has 1 atom stereocenters. The molecule has 16 heavy (non-hydrogen) atoms. The molecular weight excluding hydrogens is 202 g/mol. The smallest absolute Gasteiger partial charge is 0.410 e. The summed E-state index contributed by atoms with van der Waals surface area (Å²) >= 11 is 0. The second kappa shape index (κ2) is 5.37. The number of ether oxygens (including phenoxy) is 1. The van der Waals surface area contributed by atoms with Crippen LogP contribution in [0.15, 0.2) is 12.2 Å². The molecule has 1 heterocycles. The summed E-state index contributed by atoms with van der Waals surface area (Å²) in [6.45, 7) is 9.34. The maximum Gasteiger partial charge on any atom is 0.410 e. The van der Waals surface area contributed by atoms with E-state index in [1.807, 2.05) is 32.6 Å². The molecule has 3 nitrogen and oxygen atoms in total. The minimum Gasteiger partial charge on any atom is -0.444 e. The van der Waals surface area contributed by atoms with Crippen LogP contribution in [0.25, 0.3) is 0 Å². The lowest BCUT2D eigenvalue weighted by Gasteiger charge is -2.33. The number of carbonyl (C=O) groups excluding carboxylic acids is 1. The zero-order chi connectivity index (χ0) is 12.2. The van der Waals surface area contributed by atoms with Gasteiger partial charge in [-0.2, -0.15) is 0 Å². The zero-order valence-corrected chi connectivity index (χ0v) is 10.8. The van der Waals surface area contributed by atoms with Gasteiger partial charge < -0.3 is 9.64 Å². The van der Waals surface area contributed by atoms with Gasteiger partial charge in [-0.05, 0) is 46.5 Å². The third-order valence-corrected chi connectivity index (χ3v) is 2.57. The monoisotopic (exact) mass is 225 g/mol. The molecule has 1 fully saturated rings. The van der Waals surface area contributed by atoms with E-state index in [9.17, 15) is 4.79 Å². The van der Waals surface area contributed by atoms with Gasteiger partial charge >= 0.3 is 6.09 Å². The lowest BCUT2D eigenvalue weighted by molar-refractivity contribution is 0.0187. The van der Waals surface area contributed by atoms with Gasteiger partial charge in [0, 0.05) is 13.1 Å². The SMILES string of the molecule is C/C=C/[C@H]1CCCN(C(=O)OC(C)(C)C)C1. The molecule has 0 aromatic rings. The van der Waals surface area contributed by atoms with Gasteiger partial charge in [-0.15, -0.1) is 0 Å². The molecule has 92 valence electrons. The Balaban J connectivity index is 2.50. The predicted octanol–water partition coefficient (Wildman–Crippen LogP) is 3.21. The second-order valence-electron chi connectivity index (χ2n) is 5.35. The Morgan fingerprint density at radius 2 is 2.12 bits per heavy atom. The first-order valence-electron chi connectivity index (χ1n) is 6.03. The van der Waals surface area contributed by atoms with Crippen molar-refractivity contribution in [2.24, 2.45) is 5.92 Å². The minimum atomic E-state index is -0.398. The van der Waals surface area contributed by atoms with E-state index in [2.05, 4.69) is 12.2 Å². The summed E-state index contributed by atoms with van der Waals surface area (Å²) in [4.78, 5) is 13.7. The number of hydrogen-bond donors (Lipinski definition) is 0. The molecule has 0 bridgehead atoms. The Morgan fingerprint density at radius 3 is 2.69 bits per heavy atom. The Hall–Kier alpha value is -0.990. The fourth-order valence-electron chi connectivity index (χ4n) is 1.93. The molecule has 0 aliphatic carbocycles. The van der Waals surface area contributed by atoms with Crippen LogP contribution in [-0.2, 0) is 4.74 Å². The van der Waals surface area contributed by atoms with E-state index in [0.29, 0.717) is 5.92 Å². The number of piperidine rings is 1. The quantitative estimate of drug-likeness (QED) is 0.641. The number of allylic oxidation sites excluding steroid dienone is 1. The van der Waals surface area contributed by atoms with Crippen LogP contribution < -0.4 is 0 Å². The van der Waals surface area contributed by atoms with Gasteiger partial charge in [0.15, 0.2) is 0 Å². The van der Waals surface area contributed by atoms with Gasteiger partial charge in [0.1, 0.15) is 5.60 Å². The van der Waals surface area contributed by atoms with Gasteiger partial charge in [0.05, 0.1) is 0 Å². The summed E-state index contributed by atoms with van der Waals surface area (Å²) in [5, 5.41) is 0. The molecule has 0 aromatic heterocycles. The molecule has 1 saturated heterocycles. The lowest BCUT2D eigenvalue weighted by Crippen LogP contribution is -2.42. The average molecular weight is 225 g/mol. The van der Waals surface area contributed by atoms with Crippen LogP contribution in [0.4, 0.5) is 4.79 Å². The molecule has 1 aliphatic heterocycles. The molecule has 0 N–H and O–H groups in total. The largest absolute Gasteiger partial charge is 0.444 e. The number of likely N-dealkylation sites (tertiary alicyclic amines) is 1. The predicted molar refractivity (Wildman–Crippen MR) is 65.3 cm³/mol. The number of rotatable bonds is 1. The number of nitrogens with zero attached hydrogens (tertiary/aromatic N) is 1. The third kappa shape index (κ3) is 4.25. The Morgan fingerprint density at radius 1 is 1.44 bits per heavy atom. The van der Waals surface area contributed by atoms with Gasteiger partial charge in [-0.25, -0.2) is 4.79 Å². The number of amides is 1. The first-order valence-corrected chi connectivity index (χ1v) is 6.03. The zero-order valence-electron chi connectivity index (χ0n) is 10.8. The highest BCUT2D eigenvalue weighted by molar-refractivity contribution is 5.68. The van der Waals surface area contributed by atoms with Crippen molar-refractivity contribution in [1.82, 2.24) is 4.90 Å². The fraction of sp³-hybridized carbons (Fsp3) is 0.769. The van der Waals surface area contributed by atoms with Crippen LogP contribution in [0.3, 0.4) is 0 Å². The molecule has 3 heteroatoms. The lowest BCUT2D eigenvalue weighted by atomic mass is 9.98. The van der Waals surface area contributed by atoms with Gasteiger partial charge in [0.2, 0.25) is 0 Å². The van der Waals surface area contributed by atoms with Crippen LogP contribution in [0.5, 0.6) is 0 Å². The second-order valence-corrected chi connectivity index (χ2v) is 5.35. The van der Waals surface area contributed by atoms with Crippen molar-refractivity contribution in [3.63, 3.8) is 0 Å². The Labute approximate surface area is 98.5 Å². The molecular formula is C13H23NO2. The van der Waals surface area contributed by atoms with E-state index in [1.54, 1.807) is 0 Å². The molecule has 0 unspecified atom stereocenters. The van der Waals surface area contributed by atoms with Crippen molar-refractivity contribution in [3.05, 3.63) is 12.2 Å². The normalized spacial score (nSPS) is 22.5. The van der Waals surface area contributed by atoms with Crippen molar-refractivity contribution in [1.29, 1.82) is 0 Å². The van der Waals surface area contributed by atoms with Gasteiger partial charge in [0.25, 0.3) is 0 Å². The highest BCUT2D eigenvalue weighted by atomic mass is 16.6. The number of carbonyl (C=O) groups is 1. The molecule has 0 spiro atoms. The van der Waals surface area contributed by atoms with Gasteiger partial charge in [-0.1, -0.05) is 12.2 Å². The van der Waals surface area contributed by atoms with Crippen molar-refractivity contribution < 1.29 is 9.53 Å². The Bertz CT molecular complexity index is 266. The van der Waals surface area contributed by atoms with Crippen LogP contribution in [0, 0.1) is 5.92 Å². The van der Waals surface area contributed by atoms with Crippen molar-refractivity contribution in [2.75, 3.05) is 13.1 Å². The first-order chi connectivity index (χ1) is 7.42. The maximum absolute atomic E-state index is 11.8. The summed E-state index contributed by atoms with van der Waals surface area (Å²) in [7, 11) is 0. The molecule has 1 rings (SSSR count). The van der Waals surface area contributed by atoms with Crippen molar-refractivity contribution >= 4 is 6.09 Å². The van der Waals surface area contributed by atoms with E-state index < -0.39 is 5.60 Å². The summed E-state index contributed by atoms with van der Waals surface area (Å²) < 4.78 is 5.37. The van der Waals surface area contributed by atoms with E-state index in [4.69, 9.17) is 4.74 Å². The molecule has 0 saturated carbocycles. The summed E-state index contributed by atoms with van der Waals surface area (Å²) in [6, 6.07) is 0. The van der Waals surface area contributed by atoms with Crippen molar-refractivity contribution in [2.45, 2.75) is 46.1 Å². The van der Waals surface area contributed by atoms with Crippen LogP contribution in [-0.4, -0.2) is 29.7 Å². The fourth-order valence-corrected chi connectivity index (χ4v) is 1.93. The number of hydrogen-bond acceptors (Lipinski definition) is 2. The molecule has 0 radical (unpaired) electrons. The van der Waals surface area contributed by atoms with E-state index in [0.717, 1.165) is 19.5 Å². The highest BCUT2D eigenvalue weighted by Gasteiger charge is 2.26. The summed E-state index contributed by atoms with van der Waals surface area (Å²) in [6.07, 6.45) is 6.29. The molecule has 1 aliphatic rings. The van der Waals surface area contributed by atoms with Crippen LogP contribution in [0.1, 0.15) is 40.5 Å². The van der Waals surface area contributed by atoms with E-state index in [1.165, 1.54) is 6.42 Å². The standard InChI is InChI=1S/C13H23NO2/c1-5-7-11-8-6-9-14(10-11)12(15)16-13(2,3)4/h5,7,11H,6,8-10H2,1-4H3/b7-5+/t11-/m0/s1. The van der Waals surface area contributed by atoms with Gasteiger partial charge in [-0.3, -0.25) is 0 Å². The molecule has 1 amide bonds. The van der Waals surface area contributed by atoms with Crippen LogP contribution in [0.2, 0.25) is 0 Å². The minimum absolute atomic E-state index is 0.179. The average Bonchev–Trinajstić information content (AvgIpc) is 2.16. The van der Waals surface area contributed by atoms with Crippen LogP contribution >= 0.6 is 0 Å². The summed E-state index contributed by atoms with van der Waals surface area (Å²) in [5.41, 5.74) is -0.398. The molecule has 0 aromatic carbocycles.